The smallest absolute Gasteiger partial charge is 0.325 e. The Balaban J connectivity index is 2.15. The summed E-state index contributed by atoms with van der Waals surface area (Å²) in [4.78, 5) is 31.1. The van der Waals surface area contributed by atoms with Gasteiger partial charge in [0.25, 0.3) is 5.91 Å². The predicted molar refractivity (Wildman–Crippen MR) is 85.1 cm³/mol. The van der Waals surface area contributed by atoms with Crippen LogP contribution in [0.1, 0.15) is 0 Å². The number of carbonyl (C=O) groups is 2. The van der Waals surface area contributed by atoms with E-state index >= 15 is 0 Å². The van der Waals surface area contributed by atoms with Crippen LogP contribution in [-0.2, 0) is 9.53 Å². The molecule has 2 aliphatic rings. The number of nitrogens with zero attached hydrogens (tertiary/aromatic N) is 3. The number of rotatable bonds is 8. The van der Waals surface area contributed by atoms with Crippen LogP contribution in [0, 0.1) is 0 Å². The standard InChI is InChI=1S/C14H23N5O5/c1-3-6-24-8-9(21)7-19-10-11(16-13(19)15-4-5-20)18(2)14(23)17-12(10)22/h3,9-11,20-21H,1,4-8H2,2H3,(H,15,16)(H,17,22,23). The molecule has 3 amide bonds. The number of β-amino-alcohol motifs (C(OH)–C–C–N with tert-alkyl or cyclic N) is 1. The molecule has 0 aromatic rings. The molecule has 24 heavy (non-hydrogen) atoms. The Morgan fingerprint density at radius 1 is 1.50 bits per heavy atom. The lowest BCUT2D eigenvalue weighted by atomic mass is 10.1. The number of aliphatic hydroxyl groups is 2. The molecule has 0 aromatic heterocycles. The van der Waals surface area contributed by atoms with Crippen molar-refractivity contribution in [3.05, 3.63) is 12.7 Å². The molecular weight excluding hydrogens is 318 g/mol. The molecule has 10 heteroatoms. The van der Waals surface area contributed by atoms with Crippen LogP contribution in [0.3, 0.4) is 0 Å². The van der Waals surface area contributed by atoms with Crippen molar-refractivity contribution in [2.24, 2.45) is 4.99 Å². The summed E-state index contributed by atoms with van der Waals surface area (Å²) < 4.78 is 5.21. The molecule has 4 N–H and O–H groups in total. The second-order valence-electron chi connectivity index (χ2n) is 5.50. The number of imide groups is 1. The molecule has 0 saturated carbocycles. The first-order valence-corrected chi connectivity index (χ1v) is 7.62. The van der Waals surface area contributed by atoms with Crippen LogP contribution in [0.4, 0.5) is 4.79 Å². The van der Waals surface area contributed by atoms with E-state index in [1.807, 2.05) is 0 Å². The highest BCUT2D eigenvalue weighted by atomic mass is 16.5. The van der Waals surface area contributed by atoms with E-state index in [9.17, 15) is 14.7 Å². The van der Waals surface area contributed by atoms with Gasteiger partial charge >= 0.3 is 6.03 Å². The normalized spacial score (nSPS) is 26.2. The van der Waals surface area contributed by atoms with E-state index in [0.717, 1.165) is 0 Å². The summed E-state index contributed by atoms with van der Waals surface area (Å²) >= 11 is 0. The first-order chi connectivity index (χ1) is 11.5. The van der Waals surface area contributed by atoms with Gasteiger partial charge in [0, 0.05) is 13.6 Å². The minimum atomic E-state index is -0.861. The third-order valence-electron chi connectivity index (χ3n) is 3.74. The zero-order valence-electron chi connectivity index (χ0n) is 13.5. The van der Waals surface area contributed by atoms with Crippen molar-refractivity contribution in [3.63, 3.8) is 0 Å². The lowest BCUT2D eigenvalue weighted by Gasteiger charge is -2.35. The van der Waals surface area contributed by atoms with Crippen molar-refractivity contribution in [2.45, 2.75) is 18.3 Å². The fourth-order valence-electron chi connectivity index (χ4n) is 2.64. The fraction of sp³-hybridized carbons (Fsp3) is 0.643. The van der Waals surface area contributed by atoms with Gasteiger partial charge in [-0.3, -0.25) is 15.1 Å². The molecule has 2 rings (SSSR count). The van der Waals surface area contributed by atoms with E-state index < -0.39 is 30.2 Å². The van der Waals surface area contributed by atoms with E-state index in [0.29, 0.717) is 12.6 Å². The van der Waals surface area contributed by atoms with Gasteiger partial charge in [-0.05, 0) is 0 Å². The molecule has 3 atom stereocenters. The highest BCUT2D eigenvalue weighted by Gasteiger charge is 2.50. The SMILES string of the molecule is C=CCOCC(O)CN1C(=NCCO)NC2C1C(=O)NC(=O)N2C. The molecule has 134 valence electrons. The van der Waals surface area contributed by atoms with Gasteiger partial charge in [0.05, 0.1) is 32.5 Å². The van der Waals surface area contributed by atoms with Gasteiger partial charge in [0.15, 0.2) is 12.0 Å². The van der Waals surface area contributed by atoms with Crippen molar-refractivity contribution in [2.75, 3.05) is 40.0 Å². The Kier molecular flexibility index (Phi) is 6.12. The minimum absolute atomic E-state index is 0.0730. The first-order valence-electron chi connectivity index (χ1n) is 7.62. The van der Waals surface area contributed by atoms with Gasteiger partial charge in [0.1, 0.15) is 6.17 Å². The van der Waals surface area contributed by atoms with Crippen molar-refractivity contribution in [1.29, 1.82) is 0 Å². The summed E-state index contributed by atoms with van der Waals surface area (Å²) in [5.74, 6) is -0.123. The van der Waals surface area contributed by atoms with E-state index in [2.05, 4.69) is 22.2 Å². The summed E-state index contributed by atoms with van der Waals surface area (Å²) in [6, 6.07) is -1.23. The quantitative estimate of drug-likeness (QED) is 0.288. The van der Waals surface area contributed by atoms with Gasteiger partial charge < -0.3 is 30.1 Å². The molecule has 0 aromatic carbocycles. The highest BCUT2D eigenvalue weighted by Crippen LogP contribution is 2.20. The Hall–Kier alpha value is -2.17. The van der Waals surface area contributed by atoms with Crippen molar-refractivity contribution >= 4 is 17.9 Å². The fourth-order valence-corrected chi connectivity index (χ4v) is 2.64. The Morgan fingerprint density at radius 3 is 2.92 bits per heavy atom. The summed E-state index contributed by atoms with van der Waals surface area (Å²) in [5.41, 5.74) is 0. The minimum Gasteiger partial charge on any atom is -0.394 e. The first kappa shape index (κ1) is 18.2. The van der Waals surface area contributed by atoms with Crippen LogP contribution in [0.2, 0.25) is 0 Å². The zero-order valence-corrected chi connectivity index (χ0v) is 13.5. The third-order valence-corrected chi connectivity index (χ3v) is 3.74. The Morgan fingerprint density at radius 2 is 2.25 bits per heavy atom. The van der Waals surface area contributed by atoms with Crippen LogP contribution in [0.5, 0.6) is 0 Å². The molecule has 0 spiro atoms. The number of aliphatic imine (C=N–C) groups is 1. The molecule has 10 nitrogen and oxygen atoms in total. The molecule has 0 aliphatic carbocycles. The number of nitrogens with one attached hydrogen (secondary N) is 2. The maximum atomic E-state index is 12.2. The molecule has 0 bridgehead atoms. The van der Waals surface area contributed by atoms with Crippen LogP contribution in [0.25, 0.3) is 0 Å². The average molecular weight is 341 g/mol. The molecule has 2 fully saturated rings. The summed E-state index contributed by atoms with van der Waals surface area (Å²) in [6.07, 6.45) is 0.120. The number of aliphatic hydroxyl groups excluding tert-OH is 2. The molecule has 2 heterocycles. The maximum absolute atomic E-state index is 12.2. The van der Waals surface area contributed by atoms with Gasteiger partial charge in [0.2, 0.25) is 0 Å². The molecule has 3 unspecified atom stereocenters. The Labute approximate surface area is 139 Å². The second kappa shape index (κ2) is 8.08. The van der Waals surface area contributed by atoms with E-state index in [1.54, 1.807) is 18.0 Å². The van der Waals surface area contributed by atoms with E-state index in [-0.39, 0.29) is 26.3 Å². The number of hydrogen-bond acceptors (Lipinski definition) is 6. The number of urea groups is 1. The highest BCUT2D eigenvalue weighted by molar-refractivity contribution is 6.04. The van der Waals surface area contributed by atoms with Crippen molar-refractivity contribution < 1.29 is 24.5 Å². The van der Waals surface area contributed by atoms with Crippen molar-refractivity contribution in [3.8, 4) is 0 Å². The molecule has 2 saturated heterocycles. The summed E-state index contributed by atoms with van der Waals surface area (Å²) in [5, 5.41) is 24.4. The zero-order chi connectivity index (χ0) is 17.7. The lowest BCUT2D eigenvalue weighted by Crippen LogP contribution is -2.65. The number of ether oxygens (including phenoxy) is 1. The van der Waals surface area contributed by atoms with Crippen LogP contribution in [-0.4, -0.2) is 96.2 Å². The van der Waals surface area contributed by atoms with Gasteiger partial charge in [-0.2, -0.15) is 0 Å². The largest absolute Gasteiger partial charge is 0.394 e. The molecular formula is C14H23N5O5. The van der Waals surface area contributed by atoms with Crippen LogP contribution >= 0.6 is 0 Å². The van der Waals surface area contributed by atoms with Gasteiger partial charge in [-0.15, -0.1) is 6.58 Å². The number of likely N-dealkylation sites (N-methyl/N-ethyl adjacent to an activating group) is 1. The number of hydrogen-bond donors (Lipinski definition) is 4. The van der Waals surface area contributed by atoms with E-state index in [1.165, 1.54) is 4.90 Å². The topological polar surface area (TPSA) is 127 Å². The van der Waals surface area contributed by atoms with Crippen LogP contribution < -0.4 is 10.6 Å². The third kappa shape index (κ3) is 3.83. The number of guanidine groups is 1. The van der Waals surface area contributed by atoms with Crippen LogP contribution in [0.15, 0.2) is 17.6 Å². The number of amides is 3. The predicted octanol–water partition coefficient (Wildman–Crippen LogP) is -2.32. The van der Waals surface area contributed by atoms with Gasteiger partial charge in [-0.1, -0.05) is 6.08 Å². The molecule has 2 aliphatic heterocycles. The summed E-state index contributed by atoms with van der Waals surface area (Å²) in [7, 11) is 1.56. The monoisotopic (exact) mass is 341 g/mol. The number of fused-ring (bicyclic) bond motifs is 1. The van der Waals surface area contributed by atoms with Crippen molar-refractivity contribution in [1.82, 2.24) is 20.4 Å². The van der Waals surface area contributed by atoms with E-state index in [4.69, 9.17) is 9.84 Å². The van der Waals surface area contributed by atoms with Gasteiger partial charge in [-0.25, -0.2) is 4.79 Å². The lowest BCUT2D eigenvalue weighted by molar-refractivity contribution is -0.127. The summed E-state index contributed by atoms with van der Waals surface area (Å²) in [6.45, 7) is 3.98. The average Bonchev–Trinajstić information content (AvgIpc) is 2.90. The number of carbonyl (C=O) groups excluding carboxylic acids is 2. The second-order valence-corrected chi connectivity index (χ2v) is 5.50. The maximum Gasteiger partial charge on any atom is 0.325 e. The molecule has 0 radical (unpaired) electrons. The Bertz CT molecular complexity index is 526.